The molecule has 0 aliphatic rings. The molecule has 0 rings (SSSR count). The summed E-state index contributed by atoms with van der Waals surface area (Å²) in [6.07, 6.45) is 9.65. The third-order valence-electron chi connectivity index (χ3n) is 3.62. The van der Waals surface area contributed by atoms with Crippen LogP contribution in [0.25, 0.3) is 0 Å². The van der Waals surface area contributed by atoms with Crippen LogP contribution in [-0.4, -0.2) is 22.5 Å². The lowest BCUT2D eigenvalue weighted by atomic mass is 10.0. The third kappa shape index (κ3) is 16.4. The first kappa shape index (κ1) is 22.0. The van der Waals surface area contributed by atoms with Gasteiger partial charge in [0.15, 0.2) is 0 Å². The van der Waals surface area contributed by atoms with Crippen molar-refractivity contribution in [2.75, 3.05) is 0 Å². The van der Waals surface area contributed by atoms with Gasteiger partial charge in [0, 0.05) is 12.8 Å². The quantitative estimate of drug-likeness (QED) is 0.213. The predicted molar refractivity (Wildman–Crippen MR) is 91.9 cm³/mol. The fourth-order valence-electron chi connectivity index (χ4n) is 2.41. The van der Waals surface area contributed by atoms with E-state index in [0.717, 1.165) is 38.5 Å². The van der Waals surface area contributed by atoms with E-state index >= 15 is 0 Å². The van der Waals surface area contributed by atoms with E-state index in [-0.39, 0.29) is 0 Å². The Morgan fingerprint density at radius 3 is 1.08 bits per heavy atom. The van der Waals surface area contributed by atoms with Crippen LogP contribution < -0.4 is 0 Å². The highest BCUT2D eigenvalue weighted by molar-refractivity contribution is 5.58. The number of unbranched alkanes of at least 4 members (excludes halogenated alkanes) is 9. The standard InChI is InChI=1S/C18H30O6/c1-15(23-17(19)20)13-11-9-7-5-3-4-6-8-10-12-14-16(2)24-18(21)22/h1-14H2,(H,19,20)(H,21,22). The van der Waals surface area contributed by atoms with Gasteiger partial charge in [-0.3, -0.25) is 0 Å². The van der Waals surface area contributed by atoms with Crippen LogP contribution >= 0.6 is 0 Å². The molecule has 0 aliphatic heterocycles. The molecular formula is C18H30O6. The highest BCUT2D eigenvalue weighted by atomic mass is 16.7. The van der Waals surface area contributed by atoms with Gasteiger partial charge in [0.1, 0.15) is 11.5 Å². The highest BCUT2D eigenvalue weighted by Crippen LogP contribution is 2.15. The topological polar surface area (TPSA) is 93.1 Å². The molecule has 0 saturated heterocycles. The molecule has 0 atom stereocenters. The first-order valence-electron chi connectivity index (χ1n) is 8.59. The molecule has 0 heterocycles. The Kier molecular flexibility index (Phi) is 13.4. The normalized spacial score (nSPS) is 10.2. The van der Waals surface area contributed by atoms with Gasteiger partial charge in [-0.1, -0.05) is 64.5 Å². The lowest BCUT2D eigenvalue weighted by molar-refractivity contribution is 0.114. The van der Waals surface area contributed by atoms with Gasteiger partial charge in [-0.25, -0.2) is 9.59 Å². The SMILES string of the molecule is C=C(CCCCCCCCCCCCC(=C)OC(=O)O)OC(=O)O. The molecule has 0 radical (unpaired) electrons. The van der Waals surface area contributed by atoms with Crippen molar-refractivity contribution in [2.45, 2.75) is 77.0 Å². The summed E-state index contributed by atoms with van der Waals surface area (Å²) < 4.78 is 8.91. The van der Waals surface area contributed by atoms with E-state index in [9.17, 15) is 9.59 Å². The number of ether oxygens (including phenoxy) is 2. The summed E-state index contributed by atoms with van der Waals surface area (Å²) in [5, 5.41) is 16.8. The van der Waals surface area contributed by atoms with Crippen LogP contribution in [0, 0.1) is 0 Å². The maximum atomic E-state index is 10.3. The molecule has 0 saturated carbocycles. The van der Waals surface area contributed by atoms with Gasteiger partial charge in [-0.2, -0.15) is 0 Å². The summed E-state index contributed by atoms with van der Waals surface area (Å²) in [6.45, 7) is 7.11. The Labute approximate surface area is 144 Å². The Hall–Kier alpha value is -1.98. The summed E-state index contributed by atoms with van der Waals surface area (Å²) >= 11 is 0. The molecule has 0 spiro atoms. The summed E-state index contributed by atoms with van der Waals surface area (Å²) in [7, 11) is 0. The van der Waals surface area contributed by atoms with Crippen molar-refractivity contribution in [3.63, 3.8) is 0 Å². The van der Waals surface area contributed by atoms with Gasteiger partial charge in [-0.05, 0) is 12.8 Å². The molecule has 0 fully saturated rings. The fourth-order valence-corrected chi connectivity index (χ4v) is 2.41. The van der Waals surface area contributed by atoms with Crippen LogP contribution in [0.1, 0.15) is 77.0 Å². The molecule has 0 aromatic carbocycles. The van der Waals surface area contributed by atoms with Crippen molar-refractivity contribution in [1.82, 2.24) is 0 Å². The summed E-state index contributed by atoms with van der Waals surface area (Å²) in [4.78, 5) is 20.5. The minimum absolute atomic E-state index is 0.318. The number of hydrogen-bond acceptors (Lipinski definition) is 4. The maximum absolute atomic E-state index is 10.3. The van der Waals surface area contributed by atoms with Crippen molar-refractivity contribution in [2.24, 2.45) is 0 Å². The van der Waals surface area contributed by atoms with Crippen molar-refractivity contribution >= 4 is 12.3 Å². The van der Waals surface area contributed by atoms with E-state index in [1.165, 1.54) is 25.7 Å². The van der Waals surface area contributed by atoms with Crippen LogP contribution in [0.15, 0.2) is 24.7 Å². The molecule has 2 N–H and O–H groups in total. The zero-order valence-electron chi connectivity index (χ0n) is 14.4. The van der Waals surface area contributed by atoms with E-state index < -0.39 is 12.3 Å². The monoisotopic (exact) mass is 342 g/mol. The molecule has 0 aromatic heterocycles. The molecule has 138 valence electrons. The number of hydrogen-bond donors (Lipinski definition) is 2. The molecule has 0 amide bonds. The minimum Gasteiger partial charge on any atom is -0.449 e. The summed E-state index contributed by atoms with van der Waals surface area (Å²) in [6, 6.07) is 0. The molecule has 0 bridgehead atoms. The molecule has 6 nitrogen and oxygen atoms in total. The number of rotatable bonds is 15. The van der Waals surface area contributed by atoms with Crippen molar-refractivity contribution in [1.29, 1.82) is 0 Å². The Balaban J connectivity index is 3.23. The molecule has 0 aromatic rings. The van der Waals surface area contributed by atoms with E-state index in [1.54, 1.807) is 0 Å². The van der Waals surface area contributed by atoms with Crippen LogP contribution in [0.3, 0.4) is 0 Å². The molecule has 6 heteroatoms. The van der Waals surface area contributed by atoms with Gasteiger partial charge in [0.25, 0.3) is 0 Å². The van der Waals surface area contributed by atoms with Crippen molar-refractivity contribution < 1.29 is 29.3 Å². The minimum atomic E-state index is -1.29. The van der Waals surface area contributed by atoms with Crippen molar-refractivity contribution in [3.05, 3.63) is 24.7 Å². The first-order chi connectivity index (χ1) is 11.4. The van der Waals surface area contributed by atoms with Gasteiger partial charge < -0.3 is 19.7 Å². The van der Waals surface area contributed by atoms with Gasteiger partial charge in [0.2, 0.25) is 0 Å². The van der Waals surface area contributed by atoms with Crippen LogP contribution in [-0.2, 0) is 9.47 Å². The number of allylic oxidation sites excluding steroid dienone is 2. The molecule has 0 unspecified atom stereocenters. The van der Waals surface area contributed by atoms with Crippen LogP contribution in [0.4, 0.5) is 9.59 Å². The largest absolute Gasteiger partial charge is 0.510 e. The predicted octanol–water partition coefficient (Wildman–Crippen LogP) is 6.08. The second-order valence-electron chi connectivity index (χ2n) is 5.85. The molecular weight excluding hydrogens is 312 g/mol. The van der Waals surface area contributed by atoms with E-state index in [1.807, 2.05) is 0 Å². The average molecular weight is 342 g/mol. The van der Waals surface area contributed by atoms with Crippen molar-refractivity contribution in [3.8, 4) is 0 Å². The molecule has 24 heavy (non-hydrogen) atoms. The van der Waals surface area contributed by atoms with Crippen LogP contribution in [0.5, 0.6) is 0 Å². The lowest BCUT2D eigenvalue weighted by Crippen LogP contribution is -1.99. The van der Waals surface area contributed by atoms with Gasteiger partial charge in [-0.15, -0.1) is 0 Å². The Morgan fingerprint density at radius 1 is 0.583 bits per heavy atom. The highest BCUT2D eigenvalue weighted by Gasteiger charge is 2.02. The lowest BCUT2D eigenvalue weighted by Gasteiger charge is -2.05. The third-order valence-corrected chi connectivity index (χ3v) is 3.62. The smallest absolute Gasteiger partial charge is 0.449 e. The first-order valence-corrected chi connectivity index (χ1v) is 8.59. The maximum Gasteiger partial charge on any atom is 0.510 e. The zero-order chi connectivity index (χ0) is 18.2. The Morgan fingerprint density at radius 2 is 0.833 bits per heavy atom. The van der Waals surface area contributed by atoms with Gasteiger partial charge in [0.05, 0.1) is 0 Å². The van der Waals surface area contributed by atoms with E-state index in [0.29, 0.717) is 24.4 Å². The summed E-state index contributed by atoms with van der Waals surface area (Å²) in [5.41, 5.74) is 0. The Bertz CT molecular complexity index is 364. The molecule has 0 aliphatic carbocycles. The summed E-state index contributed by atoms with van der Waals surface area (Å²) in [5.74, 6) is 0.637. The average Bonchev–Trinajstić information content (AvgIpc) is 2.46. The second-order valence-corrected chi connectivity index (χ2v) is 5.85. The van der Waals surface area contributed by atoms with Crippen LogP contribution in [0.2, 0.25) is 0 Å². The van der Waals surface area contributed by atoms with E-state index in [2.05, 4.69) is 22.6 Å². The second kappa shape index (κ2) is 14.6. The number of carbonyl (C=O) groups is 2. The number of carboxylic acid groups (broad SMARTS) is 2. The zero-order valence-corrected chi connectivity index (χ0v) is 14.4. The van der Waals surface area contributed by atoms with Gasteiger partial charge >= 0.3 is 12.3 Å². The fraction of sp³-hybridized carbons (Fsp3) is 0.667. The van der Waals surface area contributed by atoms with E-state index in [4.69, 9.17) is 10.2 Å².